The van der Waals surface area contributed by atoms with Crippen LogP contribution in [0.1, 0.15) is 15.2 Å². The number of amides is 1. The molecule has 0 saturated carbocycles. The van der Waals surface area contributed by atoms with Gasteiger partial charge in [0.05, 0.1) is 23.5 Å². The molecular formula is C21H19ClN2O5S2. The summed E-state index contributed by atoms with van der Waals surface area (Å²) in [5, 5.41) is 4.43. The Morgan fingerprint density at radius 3 is 2.42 bits per heavy atom. The Kier molecular flexibility index (Phi) is 6.99. The van der Waals surface area contributed by atoms with Crippen molar-refractivity contribution < 1.29 is 22.7 Å². The highest BCUT2D eigenvalue weighted by Crippen LogP contribution is 2.30. The van der Waals surface area contributed by atoms with Crippen molar-refractivity contribution in [3.63, 3.8) is 0 Å². The predicted octanol–water partition coefficient (Wildman–Crippen LogP) is 4.33. The summed E-state index contributed by atoms with van der Waals surface area (Å²) in [6, 6.07) is 14.6. The van der Waals surface area contributed by atoms with E-state index in [1.54, 1.807) is 48.5 Å². The molecular weight excluding hydrogens is 460 g/mol. The zero-order chi connectivity index (χ0) is 22.6. The number of aryl methyl sites for hydroxylation is 1. The van der Waals surface area contributed by atoms with Crippen molar-refractivity contribution >= 4 is 56.2 Å². The molecule has 3 aromatic rings. The normalized spacial score (nSPS) is 11.1. The molecule has 10 heteroatoms. The Morgan fingerprint density at radius 1 is 1.10 bits per heavy atom. The lowest BCUT2D eigenvalue weighted by Gasteiger charge is -2.24. The molecule has 162 valence electrons. The van der Waals surface area contributed by atoms with E-state index in [1.165, 1.54) is 18.6 Å². The van der Waals surface area contributed by atoms with Crippen LogP contribution in [0.4, 0.5) is 11.4 Å². The van der Waals surface area contributed by atoms with E-state index in [4.69, 9.17) is 16.3 Å². The van der Waals surface area contributed by atoms with Crippen molar-refractivity contribution in [1.29, 1.82) is 0 Å². The minimum Gasteiger partial charge on any atom is -0.465 e. The van der Waals surface area contributed by atoms with Gasteiger partial charge < -0.3 is 10.1 Å². The molecule has 1 N–H and O–H groups in total. The molecule has 1 heterocycles. The molecule has 7 nitrogen and oxygen atoms in total. The lowest BCUT2D eigenvalue weighted by atomic mass is 10.2. The number of hydrogen-bond donors (Lipinski definition) is 1. The molecule has 1 amide bonds. The van der Waals surface area contributed by atoms with Crippen LogP contribution < -0.4 is 9.62 Å². The van der Waals surface area contributed by atoms with Crippen LogP contribution >= 0.6 is 22.9 Å². The minimum atomic E-state index is -4.26. The molecule has 2 aromatic carbocycles. The molecule has 0 spiro atoms. The molecule has 0 fully saturated rings. The number of halogens is 1. The third kappa shape index (κ3) is 5.07. The van der Waals surface area contributed by atoms with Crippen molar-refractivity contribution in [2.45, 2.75) is 11.8 Å². The standard InChI is InChI=1S/C21H19ClN2O5S2/c1-14-7-9-15(10-8-14)24(13-19(25)23-17-6-4-3-5-16(17)22)31(27,28)18-11-12-30-20(18)21(26)29-2/h3-12H,13H2,1-2H3,(H,23,25). The lowest BCUT2D eigenvalue weighted by molar-refractivity contribution is -0.114. The number of carbonyl (C=O) groups excluding carboxylic acids is 2. The van der Waals surface area contributed by atoms with Gasteiger partial charge in [-0.25, -0.2) is 13.2 Å². The average Bonchev–Trinajstić information content (AvgIpc) is 3.25. The summed E-state index contributed by atoms with van der Waals surface area (Å²) < 4.78 is 32.6. The molecule has 0 aliphatic rings. The van der Waals surface area contributed by atoms with Crippen LogP contribution in [-0.4, -0.2) is 33.9 Å². The lowest BCUT2D eigenvalue weighted by Crippen LogP contribution is -2.38. The molecule has 3 rings (SSSR count). The summed E-state index contributed by atoms with van der Waals surface area (Å²) in [6.07, 6.45) is 0. The van der Waals surface area contributed by atoms with Crippen LogP contribution in [-0.2, 0) is 19.6 Å². The number of sulfonamides is 1. The number of nitrogens with zero attached hydrogens (tertiary/aromatic N) is 1. The molecule has 0 aliphatic carbocycles. The fraction of sp³-hybridized carbons (Fsp3) is 0.143. The van der Waals surface area contributed by atoms with Gasteiger partial charge in [0.2, 0.25) is 5.91 Å². The highest BCUT2D eigenvalue weighted by Gasteiger charge is 2.32. The average molecular weight is 479 g/mol. The smallest absolute Gasteiger partial charge is 0.349 e. The van der Waals surface area contributed by atoms with Crippen molar-refractivity contribution in [2.24, 2.45) is 0 Å². The first-order valence-corrected chi connectivity index (χ1v) is 11.7. The van der Waals surface area contributed by atoms with E-state index in [9.17, 15) is 18.0 Å². The number of anilines is 2. The van der Waals surface area contributed by atoms with Gasteiger partial charge in [-0.2, -0.15) is 0 Å². The molecule has 0 unspecified atom stereocenters. The van der Waals surface area contributed by atoms with Crippen molar-refractivity contribution in [3.05, 3.63) is 75.4 Å². The topological polar surface area (TPSA) is 92.8 Å². The summed E-state index contributed by atoms with van der Waals surface area (Å²) in [5.74, 6) is -1.36. The van der Waals surface area contributed by atoms with Crippen molar-refractivity contribution in [3.8, 4) is 0 Å². The van der Waals surface area contributed by atoms with Gasteiger partial charge in [-0.15, -0.1) is 11.3 Å². The SMILES string of the molecule is COC(=O)c1sccc1S(=O)(=O)N(CC(=O)Nc1ccccc1Cl)c1ccc(C)cc1. The Balaban J connectivity index is 2.00. The second-order valence-corrected chi connectivity index (χ2v) is 9.63. The van der Waals surface area contributed by atoms with E-state index < -0.39 is 28.4 Å². The molecule has 0 atom stereocenters. The number of thiophene rings is 1. The van der Waals surface area contributed by atoms with Crippen LogP contribution in [0.25, 0.3) is 0 Å². The van der Waals surface area contributed by atoms with Gasteiger partial charge in [0.25, 0.3) is 10.0 Å². The van der Waals surface area contributed by atoms with Gasteiger partial charge in [-0.05, 0) is 42.6 Å². The quantitative estimate of drug-likeness (QED) is 0.510. The first kappa shape index (κ1) is 22.8. The predicted molar refractivity (Wildman–Crippen MR) is 121 cm³/mol. The van der Waals surface area contributed by atoms with E-state index in [2.05, 4.69) is 5.32 Å². The van der Waals surface area contributed by atoms with Crippen LogP contribution in [0, 0.1) is 6.92 Å². The Hall–Kier alpha value is -2.88. The van der Waals surface area contributed by atoms with Gasteiger partial charge in [-0.3, -0.25) is 9.10 Å². The first-order chi connectivity index (χ1) is 14.7. The van der Waals surface area contributed by atoms with Gasteiger partial charge in [-0.1, -0.05) is 41.4 Å². The van der Waals surface area contributed by atoms with Gasteiger partial charge in [0.15, 0.2) is 0 Å². The summed E-state index contributed by atoms with van der Waals surface area (Å²) in [5.41, 5.74) is 1.57. The Morgan fingerprint density at radius 2 is 1.77 bits per heavy atom. The van der Waals surface area contributed by atoms with Crippen molar-refractivity contribution in [1.82, 2.24) is 0 Å². The number of hydrogen-bond acceptors (Lipinski definition) is 6. The summed E-state index contributed by atoms with van der Waals surface area (Å²) in [4.78, 5) is 24.5. The van der Waals surface area contributed by atoms with Gasteiger partial charge in [0, 0.05) is 0 Å². The van der Waals surface area contributed by atoms with E-state index in [-0.39, 0.29) is 15.5 Å². The zero-order valence-corrected chi connectivity index (χ0v) is 19.1. The maximum atomic E-state index is 13.5. The van der Waals surface area contributed by atoms with Crippen LogP contribution in [0.3, 0.4) is 0 Å². The summed E-state index contributed by atoms with van der Waals surface area (Å²) in [7, 11) is -3.08. The van der Waals surface area contributed by atoms with Crippen LogP contribution in [0.5, 0.6) is 0 Å². The molecule has 0 bridgehead atoms. The zero-order valence-electron chi connectivity index (χ0n) is 16.7. The fourth-order valence-electron chi connectivity index (χ4n) is 2.77. The van der Waals surface area contributed by atoms with Crippen LogP contribution in [0.15, 0.2) is 64.9 Å². The van der Waals surface area contributed by atoms with E-state index in [1.807, 2.05) is 6.92 Å². The number of carbonyl (C=O) groups is 2. The number of ether oxygens (including phenoxy) is 1. The number of nitrogens with one attached hydrogen (secondary N) is 1. The molecule has 31 heavy (non-hydrogen) atoms. The Bertz CT molecular complexity index is 1210. The van der Waals surface area contributed by atoms with E-state index >= 15 is 0 Å². The summed E-state index contributed by atoms with van der Waals surface area (Å²) in [6.45, 7) is 1.34. The monoisotopic (exact) mass is 478 g/mol. The highest BCUT2D eigenvalue weighted by molar-refractivity contribution is 7.93. The number of para-hydroxylation sites is 1. The molecule has 0 saturated heterocycles. The van der Waals surface area contributed by atoms with Crippen molar-refractivity contribution in [2.75, 3.05) is 23.3 Å². The van der Waals surface area contributed by atoms with E-state index in [0.717, 1.165) is 21.2 Å². The molecule has 0 aliphatic heterocycles. The maximum Gasteiger partial charge on any atom is 0.349 e. The van der Waals surface area contributed by atoms with Crippen LogP contribution in [0.2, 0.25) is 5.02 Å². The number of benzene rings is 2. The number of esters is 1. The largest absolute Gasteiger partial charge is 0.465 e. The second-order valence-electron chi connectivity index (χ2n) is 6.48. The number of rotatable bonds is 7. The third-order valence-corrected chi connectivity index (χ3v) is 7.49. The Labute approximate surface area is 189 Å². The summed E-state index contributed by atoms with van der Waals surface area (Å²) >= 11 is 7.03. The second kappa shape index (κ2) is 9.51. The fourth-order valence-corrected chi connectivity index (χ4v) is 5.68. The van der Waals surface area contributed by atoms with E-state index in [0.29, 0.717) is 10.7 Å². The first-order valence-electron chi connectivity index (χ1n) is 9.03. The molecule has 1 aromatic heterocycles. The highest BCUT2D eigenvalue weighted by atomic mass is 35.5. The maximum absolute atomic E-state index is 13.5. The third-order valence-electron chi connectivity index (χ3n) is 4.33. The number of methoxy groups -OCH3 is 1. The minimum absolute atomic E-state index is 0.0638. The molecule has 0 radical (unpaired) electrons. The van der Waals surface area contributed by atoms with Gasteiger partial charge >= 0.3 is 5.97 Å². The van der Waals surface area contributed by atoms with Gasteiger partial charge in [0.1, 0.15) is 16.3 Å².